The molecule has 0 aromatic heterocycles. The topological polar surface area (TPSA) is 78.6 Å². The van der Waals surface area contributed by atoms with E-state index in [0.717, 1.165) is 38.9 Å². The molecule has 1 atom stereocenters. The van der Waals surface area contributed by atoms with Crippen LogP contribution in [0.15, 0.2) is 18.2 Å². The molecule has 1 heterocycles. The maximum atomic E-state index is 11.5. The molecule has 1 aliphatic heterocycles. The first-order valence-electron chi connectivity index (χ1n) is 7.54. The highest BCUT2D eigenvalue weighted by Crippen LogP contribution is 2.38. The third-order valence-electron chi connectivity index (χ3n) is 3.93. The van der Waals surface area contributed by atoms with Gasteiger partial charge in [-0.25, -0.2) is 0 Å². The first-order valence-corrected chi connectivity index (χ1v) is 7.54. The number of nitro groups is 1. The summed E-state index contributed by atoms with van der Waals surface area (Å²) in [6.07, 6.45) is 2.66. The Morgan fingerprint density at radius 2 is 2.33 bits per heavy atom. The molecular weight excluding hydrogens is 270 g/mol. The van der Waals surface area contributed by atoms with Crippen LogP contribution in [0.2, 0.25) is 0 Å². The number of para-hydroxylation sites is 1. The van der Waals surface area contributed by atoms with Crippen molar-refractivity contribution in [3.63, 3.8) is 0 Å². The van der Waals surface area contributed by atoms with Gasteiger partial charge in [-0.2, -0.15) is 0 Å². The lowest BCUT2D eigenvalue weighted by Gasteiger charge is -2.20. The second-order valence-corrected chi connectivity index (χ2v) is 5.47. The number of anilines is 2. The molecule has 1 unspecified atom stereocenters. The first kappa shape index (κ1) is 15.6. The van der Waals surface area contributed by atoms with Gasteiger partial charge in [-0.05, 0) is 37.3 Å². The second-order valence-electron chi connectivity index (χ2n) is 5.47. The Morgan fingerprint density at radius 3 is 3.00 bits per heavy atom. The lowest BCUT2D eigenvalue weighted by atomic mass is 10.1. The minimum Gasteiger partial charge on any atom is -0.396 e. The van der Waals surface area contributed by atoms with Crippen molar-refractivity contribution < 1.29 is 10.0 Å². The predicted molar refractivity (Wildman–Crippen MR) is 83.9 cm³/mol. The normalized spacial score (nSPS) is 18.0. The van der Waals surface area contributed by atoms with Crippen molar-refractivity contribution in [3.05, 3.63) is 28.3 Å². The molecule has 0 saturated carbocycles. The summed E-state index contributed by atoms with van der Waals surface area (Å²) in [6, 6.07) is 5.44. The van der Waals surface area contributed by atoms with Crippen molar-refractivity contribution >= 4 is 17.1 Å². The molecule has 1 fully saturated rings. The first-order chi connectivity index (χ1) is 10.2. The molecule has 6 heteroatoms. The average molecular weight is 293 g/mol. The number of benzene rings is 1. The maximum absolute atomic E-state index is 11.5. The van der Waals surface area contributed by atoms with Gasteiger partial charge in [0.1, 0.15) is 11.4 Å². The van der Waals surface area contributed by atoms with Gasteiger partial charge in [-0.1, -0.05) is 13.0 Å². The molecule has 116 valence electrons. The second kappa shape index (κ2) is 7.26. The molecule has 1 saturated heterocycles. The molecule has 21 heavy (non-hydrogen) atoms. The molecule has 1 aliphatic rings. The van der Waals surface area contributed by atoms with Gasteiger partial charge in [0.25, 0.3) is 0 Å². The van der Waals surface area contributed by atoms with Crippen molar-refractivity contribution in [3.8, 4) is 0 Å². The van der Waals surface area contributed by atoms with Crippen LogP contribution in [0.1, 0.15) is 26.2 Å². The number of hydrogen-bond acceptors (Lipinski definition) is 5. The number of nitrogens with zero attached hydrogens (tertiary/aromatic N) is 2. The Labute approximate surface area is 124 Å². The van der Waals surface area contributed by atoms with Crippen LogP contribution < -0.4 is 10.2 Å². The van der Waals surface area contributed by atoms with Gasteiger partial charge in [-0.3, -0.25) is 10.1 Å². The third-order valence-corrected chi connectivity index (χ3v) is 3.93. The largest absolute Gasteiger partial charge is 0.396 e. The van der Waals surface area contributed by atoms with Crippen molar-refractivity contribution in [1.29, 1.82) is 0 Å². The smallest absolute Gasteiger partial charge is 0.315 e. The van der Waals surface area contributed by atoms with E-state index in [2.05, 4.69) is 10.2 Å². The van der Waals surface area contributed by atoms with E-state index >= 15 is 0 Å². The van der Waals surface area contributed by atoms with E-state index in [1.807, 2.05) is 19.1 Å². The van der Waals surface area contributed by atoms with Crippen LogP contribution in [0.3, 0.4) is 0 Å². The van der Waals surface area contributed by atoms with Crippen LogP contribution >= 0.6 is 0 Å². The number of hydrogen-bond donors (Lipinski definition) is 2. The maximum Gasteiger partial charge on any atom is 0.315 e. The highest BCUT2D eigenvalue weighted by atomic mass is 16.6. The molecule has 2 N–H and O–H groups in total. The van der Waals surface area contributed by atoms with Crippen LogP contribution in [-0.2, 0) is 0 Å². The zero-order chi connectivity index (χ0) is 15.2. The Balaban J connectivity index is 2.24. The summed E-state index contributed by atoms with van der Waals surface area (Å²) in [5.74, 6) is 0.418. The molecular formula is C15H23N3O3. The number of aliphatic hydroxyl groups excluding tert-OH is 1. The van der Waals surface area contributed by atoms with E-state index in [9.17, 15) is 10.1 Å². The highest BCUT2D eigenvalue weighted by Gasteiger charge is 2.29. The quantitative estimate of drug-likeness (QED) is 0.597. The van der Waals surface area contributed by atoms with Gasteiger partial charge in [0.2, 0.25) is 0 Å². The SMILES string of the molecule is CCCNc1cccc(N2CCC(CCO)C2)c1[N+](=O)[O-]. The number of nitro benzene ring substituents is 1. The molecule has 2 rings (SSSR count). The fourth-order valence-electron chi connectivity index (χ4n) is 2.85. The lowest BCUT2D eigenvalue weighted by molar-refractivity contribution is -0.383. The Kier molecular flexibility index (Phi) is 5.38. The molecule has 0 radical (unpaired) electrons. The standard InChI is InChI=1S/C15H23N3O3/c1-2-8-16-13-4-3-5-14(15(13)18(20)21)17-9-6-12(11-17)7-10-19/h3-5,12,16,19H,2,6-11H2,1H3. The van der Waals surface area contributed by atoms with Gasteiger partial charge in [0, 0.05) is 26.2 Å². The van der Waals surface area contributed by atoms with Gasteiger partial charge < -0.3 is 15.3 Å². The van der Waals surface area contributed by atoms with Crippen molar-refractivity contribution in [2.75, 3.05) is 36.5 Å². The van der Waals surface area contributed by atoms with Gasteiger partial charge in [-0.15, -0.1) is 0 Å². The zero-order valence-electron chi connectivity index (χ0n) is 12.4. The summed E-state index contributed by atoms with van der Waals surface area (Å²) < 4.78 is 0. The van der Waals surface area contributed by atoms with Crippen LogP contribution in [0.4, 0.5) is 17.1 Å². The van der Waals surface area contributed by atoms with E-state index < -0.39 is 0 Å². The van der Waals surface area contributed by atoms with Crippen molar-refractivity contribution in [2.24, 2.45) is 5.92 Å². The van der Waals surface area contributed by atoms with Crippen molar-refractivity contribution in [1.82, 2.24) is 0 Å². The fraction of sp³-hybridized carbons (Fsp3) is 0.600. The van der Waals surface area contributed by atoms with Crippen molar-refractivity contribution in [2.45, 2.75) is 26.2 Å². The van der Waals surface area contributed by atoms with Gasteiger partial charge >= 0.3 is 5.69 Å². The van der Waals surface area contributed by atoms with Crippen LogP contribution in [0, 0.1) is 16.0 Å². The highest BCUT2D eigenvalue weighted by molar-refractivity contribution is 5.77. The lowest BCUT2D eigenvalue weighted by Crippen LogP contribution is -2.21. The summed E-state index contributed by atoms with van der Waals surface area (Å²) in [7, 11) is 0. The Hall–Kier alpha value is -1.82. The minimum absolute atomic E-state index is 0.163. The summed E-state index contributed by atoms with van der Waals surface area (Å²) in [4.78, 5) is 13.2. The van der Waals surface area contributed by atoms with Gasteiger partial charge in [0.05, 0.1) is 4.92 Å². The molecule has 0 amide bonds. The van der Waals surface area contributed by atoms with E-state index in [1.54, 1.807) is 6.07 Å². The number of rotatable bonds is 7. The summed E-state index contributed by atoms with van der Waals surface area (Å²) >= 11 is 0. The molecule has 0 spiro atoms. The summed E-state index contributed by atoms with van der Waals surface area (Å²) in [5.41, 5.74) is 1.43. The minimum atomic E-state index is -0.299. The van der Waals surface area contributed by atoms with E-state index in [4.69, 9.17) is 5.11 Å². The Bertz CT molecular complexity index is 493. The number of nitrogens with one attached hydrogen (secondary N) is 1. The van der Waals surface area contributed by atoms with E-state index in [0.29, 0.717) is 17.3 Å². The molecule has 6 nitrogen and oxygen atoms in total. The summed E-state index contributed by atoms with van der Waals surface area (Å²) in [5, 5.41) is 23.6. The molecule has 1 aromatic carbocycles. The van der Waals surface area contributed by atoms with Gasteiger partial charge in [0.15, 0.2) is 0 Å². The molecule has 0 aliphatic carbocycles. The molecule has 0 bridgehead atoms. The van der Waals surface area contributed by atoms with E-state index in [-0.39, 0.29) is 17.2 Å². The molecule has 1 aromatic rings. The van der Waals surface area contributed by atoms with Crippen LogP contribution in [0.25, 0.3) is 0 Å². The van der Waals surface area contributed by atoms with Crippen LogP contribution in [0.5, 0.6) is 0 Å². The predicted octanol–water partition coefficient (Wildman–Crippen LogP) is 2.63. The average Bonchev–Trinajstić information content (AvgIpc) is 2.93. The number of aliphatic hydroxyl groups is 1. The third kappa shape index (κ3) is 3.64. The van der Waals surface area contributed by atoms with Crippen LogP contribution in [-0.4, -0.2) is 36.3 Å². The fourth-order valence-corrected chi connectivity index (χ4v) is 2.85. The van der Waals surface area contributed by atoms with E-state index in [1.165, 1.54) is 0 Å². The Morgan fingerprint density at radius 1 is 1.52 bits per heavy atom. The summed E-state index contributed by atoms with van der Waals surface area (Å²) in [6.45, 7) is 4.51. The monoisotopic (exact) mass is 293 g/mol. The zero-order valence-corrected chi connectivity index (χ0v) is 12.4.